The van der Waals surface area contributed by atoms with E-state index in [1.165, 1.54) is 0 Å². The van der Waals surface area contributed by atoms with Crippen LogP contribution in [0.1, 0.15) is 41.0 Å². The molecule has 0 aromatic rings. The second-order valence-electron chi connectivity index (χ2n) is 6.78. The molecule has 20 heavy (non-hydrogen) atoms. The van der Waals surface area contributed by atoms with E-state index in [9.17, 15) is 9.59 Å². The van der Waals surface area contributed by atoms with Crippen molar-refractivity contribution in [3.05, 3.63) is 0 Å². The third-order valence-electron chi connectivity index (χ3n) is 4.06. The van der Waals surface area contributed by atoms with E-state index in [4.69, 9.17) is 5.73 Å². The maximum absolute atomic E-state index is 12.3. The molecule has 0 saturated carbocycles. The van der Waals surface area contributed by atoms with Crippen molar-refractivity contribution in [3.8, 4) is 0 Å². The highest BCUT2D eigenvalue weighted by molar-refractivity contribution is 5.83. The molecule has 0 aliphatic carbocycles. The van der Waals surface area contributed by atoms with Crippen molar-refractivity contribution in [2.24, 2.45) is 17.1 Å². The van der Waals surface area contributed by atoms with Gasteiger partial charge in [0, 0.05) is 31.6 Å². The minimum atomic E-state index is -0.426. The zero-order valence-corrected chi connectivity index (χ0v) is 13.5. The van der Waals surface area contributed by atoms with E-state index in [2.05, 4.69) is 0 Å². The van der Waals surface area contributed by atoms with Gasteiger partial charge < -0.3 is 15.5 Å². The molecule has 5 nitrogen and oxygen atoms in total. The van der Waals surface area contributed by atoms with Gasteiger partial charge in [-0.2, -0.15) is 0 Å². The first-order chi connectivity index (χ1) is 9.18. The molecule has 2 amide bonds. The molecule has 116 valence electrons. The maximum Gasteiger partial charge on any atom is 0.239 e. The number of hydrogen-bond donors (Lipinski definition) is 1. The van der Waals surface area contributed by atoms with E-state index in [1.807, 2.05) is 39.5 Å². The van der Waals surface area contributed by atoms with Crippen LogP contribution in [0.5, 0.6) is 0 Å². The van der Waals surface area contributed by atoms with E-state index in [0.717, 1.165) is 6.42 Å². The summed E-state index contributed by atoms with van der Waals surface area (Å²) in [5.41, 5.74) is 5.63. The van der Waals surface area contributed by atoms with E-state index in [1.54, 1.807) is 4.90 Å². The molecule has 1 fully saturated rings. The van der Waals surface area contributed by atoms with Crippen LogP contribution in [0.2, 0.25) is 0 Å². The lowest BCUT2D eigenvalue weighted by molar-refractivity contribution is -0.145. The van der Waals surface area contributed by atoms with Crippen LogP contribution >= 0.6 is 0 Å². The monoisotopic (exact) mass is 283 g/mol. The first-order valence-corrected chi connectivity index (χ1v) is 7.52. The summed E-state index contributed by atoms with van der Waals surface area (Å²) in [6.07, 6.45) is 0.898. The number of nitrogens with zero attached hydrogens (tertiary/aromatic N) is 2. The minimum Gasteiger partial charge on any atom is -0.339 e. The Hall–Kier alpha value is -1.10. The third kappa shape index (κ3) is 3.95. The summed E-state index contributed by atoms with van der Waals surface area (Å²) in [5, 5.41) is 0. The topological polar surface area (TPSA) is 66.6 Å². The number of rotatable bonds is 3. The lowest BCUT2D eigenvalue weighted by Gasteiger charge is -2.39. The molecule has 0 radical (unpaired) electrons. The molecular weight excluding hydrogens is 254 g/mol. The Morgan fingerprint density at radius 3 is 1.95 bits per heavy atom. The molecule has 0 bridgehead atoms. The quantitative estimate of drug-likeness (QED) is 0.842. The highest BCUT2D eigenvalue weighted by Crippen LogP contribution is 2.19. The maximum atomic E-state index is 12.3. The van der Waals surface area contributed by atoms with Crippen LogP contribution in [0.25, 0.3) is 0 Å². The van der Waals surface area contributed by atoms with E-state index >= 15 is 0 Å². The molecule has 1 heterocycles. The molecule has 1 aliphatic heterocycles. The Labute approximate surface area is 122 Å². The van der Waals surface area contributed by atoms with Gasteiger partial charge in [0.1, 0.15) is 0 Å². The third-order valence-corrected chi connectivity index (χ3v) is 4.06. The van der Waals surface area contributed by atoms with Gasteiger partial charge in [0.2, 0.25) is 11.8 Å². The molecule has 1 aliphatic rings. The van der Waals surface area contributed by atoms with Crippen molar-refractivity contribution >= 4 is 11.8 Å². The Kier molecular flexibility index (Phi) is 5.57. The fourth-order valence-corrected chi connectivity index (χ4v) is 2.31. The second-order valence-corrected chi connectivity index (χ2v) is 6.78. The highest BCUT2D eigenvalue weighted by atomic mass is 16.2. The number of piperazine rings is 1. The number of carbonyl (C=O) groups is 2. The van der Waals surface area contributed by atoms with Crippen LogP contribution in [0, 0.1) is 11.3 Å². The minimum absolute atomic E-state index is 0.0159. The normalized spacial score (nSPS) is 19.7. The van der Waals surface area contributed by atoms with Crippen molar-refractivity contribution in [3.63, 3.8) is 0 Å². The van der Waals surface area contributed by atoms with Gasteiger partial charge in [-0.15, -0.1) is 0 Å². The van der Waals surface area contributed by atoms with Crippen LogP contribution in [0.15, 0.2) is 0 Å². The van der Waals surface area contributed by atoms with Crippen molar-refractivity contribution in [2.75, 3.05) is 26.2 Å². The summed E-state index contributed by atoms with van der Waals surface area (Å²) >= 11 is 0. The van der Waals surface area contributed by atoms with Gasteiger partial charge in [-0.25, -0.2) is 0 Å². The average molecular weight is 283 g/mol. The van der Waals surface area contributed by atoms with Gasteiger partial charge in [0.25, 0.3) is 0 Å². The van der Waals surface area contributed by atoms with Crippen LogP contribution in [0.4, 0.5) is 0 Å². The smallest absolute Gasteiger partial charge is 0.239 e. The predicted octanol–water partition coefficient (Wildman–Crippen LogP) is 1.08. The number of amides is 2. The molecule has 5 heteroatoms. The molecular formula is C15H29N3O2. The summed E-state index contributed by atoms with van der Waals surface area (Å²) in [5.74, 6) is 0.356. The fraction of sp³-hybridized carbons (Fsp3) is 0.867. The lowest BCUT2D eigenvalue weighted by Crippen LogP contribution is -2.56. The first-order valence-electron chi connectivity index (χ1n) is 7.52. The summed E-state index contributed by atoms with van der Waals surface area (Å²) < 4.78 is 0. The van der Waals surface area contributed by atoms with Crippen molar-refractivity contribution in [1.29, 1.82) is 0 Å². The lowest BCUT2D eigenvalue weighted by atomic mass is 9.94. The Morgan fingerprint density at radius 2 is 1.55 bits per heavy atom. The summed E-state index contributed by atoms with van der Waals surface area (Å²) in [6, 6.07) is -0.426. The van der Waals surface area contributed by atoms with Crippen LogP contribution in [-0.4, -0.2) is 53.8 Å². The number of hydrogen-bond acceptors (Lipinski definition) is 3. The molecule has 2 N–H and O–H groups in total. The van der Waals surface area contributed by atoms with Gasteiger partial charge in [0.05, 0.1) is 6.04 Å². The molecule has 0 aromatic heterocycles. The van der Waals surface area contributed by atoms with Crippen molar-refractivity contribution < 1.29 is 9.59 Å². The number of carbonyl (C=O) groups excluding carboxylic acids is 2. The Morgan fingerprint density at radius 1 is 1.10 bits per heavy atom. The molecule has 1 rings (SSSR count). The summed E-state index contributed by atoms with van der Waals surface area (Å²) in [7, 11) is 0. The van der Waals surface area contributed by atoms with Gasteiger partial charge in [-0.05, 0) is 5.92 Å². The van der Waals surface area contributed by atoms with Crippen LogP contribution in [0.3, 0.4) is 0 Å². The zero-order valence-electron chi connectivity index (χ0n) is 13.5. The Bertz CT molecular complexity index is 355. The predicted molar refractivity (Wildman–Crippen MR) is 80.0 cm³/mol. The largest absolute Gasteiger partial charge is 0.339 e. The molecule has 1 saturated heterocycles. The Balaban J connectivity index is 2.54. The van der Waals surface area contributed by atoms with E-state index in [-0.39, 0.29) is 23.1 Å². The second kappa shape index (κ2) is 6.57. The molecule has 0 aromatic carbocycles. The SMILES string of the molecule is CCC(C)C(N)C(=O)N1CCN(C(=O)C(C)(C)C)CC1. The van der Waals surface area contributed by atoms with E-state index in [0.29, 0.717) is 26.2 Å². The first kappa shape index (κ1) is 17.0. The van der Waals surface area contributed by atoms with E-state index < -0.39 is 6.04 Å². The zero-order chi connectivity index (χ0) is 15.5. The van der Waals surface area contributed by atoms with Gasteiger partial charge >= 0.3 is 0 Å². The van der Waals surface area contributed by atoms with Gasteiger partial charge in [-0.3, -0.25) is 9.59 Å². The standard InChI is InChI=1S/C15H29N3O2/c1-6-11(2)12(16)13(19)17-7-9-18(10-8-17)14(20)15(3,4)5/h11-12H,6-10,16H2,1-5H3. The highest BCUT2D eigenvalue weighted by Gasteiger charge is 2.32. The summed E-state index contributed by atoms with van der Waals surface area (Å²) in [4.78, 5) is 28.1. The van der Waals surface area contributed by atoms with Crippen molar-refractivity contribution in [2.45, 2.75) is 47.1 Å². The van der Waals surface area contributed by atoms with Gasteiger partial charge in [-0.1, -0.05) is 41.0 Å². The van der Waals surface area contributed by atoms with Crippen LogP contribution < -0.4 is 5.73 Å². The molecule has 2 unspecified atom stereocenters. The fourth-order valence-electron chi connectivity index (χ4n) is 2.31. The van der Waals surface area contributed by atoms with Crippen molar-refractivity contribution in [1.82, 2.24) is 9.80 Å². The van der Waals surface area contributed by atoms with Gasteiger partial charge in [0.15, 0.2) is 0 Å². The van der Waals surface area contributed by atoms with Crippen LogP contribution in [-0.2, 0) is 9.59 Å². The molecule has 2 atom stereocenters. The average Bonchev–Trinajstić information content (AvgIpc) is 2.43. The number of nitrogens with two attached hydrogens (primary N) is 1. The molecule has 0 spiro atoms. The summed E-state index contributed by atoms with van der Waals surface area (Å²) in [6.45, 7) is 12.2.